The molecule has 6 nitrogen and oxygen atoms in total. The fourth-order valence-electron chi connectivity index (χ4n) is 3.44. The van der Waals surface area contributed by atoms with Crippen LogP contribution in [0.25, 0.3) is 0 Å². The van der Waals surface area contributed by atoms with E-state index in [4.69, 9.17) is 0 Å². The SMILES string of the molecule is CC(C(=O)NCCc1ccc(F)cc1)N1CCN(S(=O)(=O)c2cc(F)ccc2F)CC1. The second-order valence-corrected chi connectivity index (χ2v) is 9.26. The molecule has 0 saturated carbocycles. The predicted molar refractivity (Wildman–Crippen MR) is 109 cm³/mol. The van der Waals surface area contributed by atoms with Crippen molar-refractivity contribution in [2.24, 2.45) is 0 Å². The van der Waals surface area contributed by atoms with Gasteiger partial charge >= 0.3 is 0 Å². The van der Waals surface area contributed by atoms with Gasteiger partial charge in [0.25, 0.3) is 0 Å². The lowest BCUT2D eigenvalue weighted by atomic mass is 10.1. The fraction of sp³-hybridized carbons (Fsp3) is 0.381. The van der Waals surface area contributed by atoms with Gasteiger partial charge in [-0.1, -0.05) is 12.1 Å². The van der Waals surface area contributed by atoms with Crippen LogP contribution in [-0.4, -0.2) is 62.3 Å². The molecular formula is C21H24F3N3O3S. The Bertz CT molecular complexity index is 1020. The molecule has 0 aliphatic carbocycles. The molecule has 0 bridgehead atoms. The van der Waals surface area contributed by atoms with Gasteiger partial charge in [-0.2, -0.15) is 4.31 Å². The van der Waals surface area contributed by atoms with Crippen molar-refractivity contribution in [3.05, 3.63) is 65.5 Å². The molecule has 1 atom stereocenters. The number of carbonyl (C=O) groups is 1. The molecule has 168 valence electrons. The van der Waals surface area contributed by atoms with Crippen molar-refractivity contribution in [1.29, 1.82) is 0 Å². The lowest BCUT2D eigenvalue weighted by Crippen LogP contribution is -2.55. The van der Waals surface area contributed by atoms with Gasteiger partial charge in [-0.25, -0.2) is 21.6 Å². The zero-order valence-electron chi connectivity index (χ0n) is 17.0. The van der Waals surface area contributed by atoms with Gasteiger partial charge in [-0.3, -0.25) is 9.69 Å². The first-order chi connectivity index (χ1) is 14.7. The van der Waals surface area contributed by atoms with Crippen LogP contribution in [0, 0.1) is 17.5 Å². The summed E-state index contributed by atoms with van der Waals surface area (Å²) in [4.78, 5) is 13.6. The lowest BCUT2D eigenvalue weighted by Gasteiger charge is -2.36. The average Bonchev–Trinajstić information content (AvgIpc) is 2.76. The van der Waals surface area contributed by atoms with Crippen molar-refractivity contribution >= 4 is 15.9 Å². The van der Waals surface area contributed by atoms with Gasteiger partial charge in [0.1, 0.15) is 22.3 Å². The Morgan fingerprint density at radius 1 is 1.00 bits per heavy atom. The number of halogens is 3. The third-order valence-corrected chi connectivity index (χ3v) is 7.25. The normalized spacial score (nSPS) is 16.8. The van der Waals surface area contributed by atoms with Crippen molar-refractivity contribution < 1.29 is 26.4 Å². The van der Waals surface area contributed by atoms with E-state index < -0.39 is 32.6 Å². The molecule has 1 aliphatic heterocycles. The molecule has 0 spiro atoms. The molecule has 0 aromatic heterocycles. The van der Waals surface area contributed by atoms with Crippen LogP contribution in [0.4, 0.5) is 13.2 Å². The van der Waals surface area contributed by atoms with Crippen molar-refractivity contribution in [2.75, 3.05) is 32.7 Å². The van der Waals surface area contributed by atoms with Gasteiger partial charge < -0.3 is 5.32 Å². The number of hydrogen-bond donors (Lipinski definition) is 1. The van der Waals surface area contributed by atoms with Gasteiger partial charge in [0.2, 0.25) is 15.9 Å². The number of nitrogens with one attached hydrogen (secondary N) is 1. The van der Waals surface area contributed by atoms with Crippen molar-refractivity contribution in [1.82, 2.24) is 14.5 Å². The fourth-order valence-corrected chi connectivity index (χ4v) is 4.94. The molecule has 1 N–H and O–H groups in total. The van der Waals surface area contributed by atoms with Gasteiger partial charge in [0, 0.05) is 32.7 Å². The minimum atomic E-state index is -4.17. The van der Waals surface area contributed by atoms with Crippen LogP contribution in [0.15, 0.2) is 47.4 Å². The Kier molecular flexibility index (Phi) is 7.34. The molecule has 2 aromatic carbocycles. The minimum Gasteiger partial charge on any atom is -0.354 e. The topological polar surface area (TPSA) is 69.7 Å². The first kappa shape index (κ1) is 23.2. The average molecular weight is 456 g/mol. The van der Waals surface area contributed by atoms with Gasteiger partial charge in [-0.05, 0) is 49.2 Å². The molecule has 1 amide bonds. The first-order valence-corrected chi connectivity index (χ1v) is 11.3. The number of amides is 1. The van der Waals surface area contributed by atoms with Crippen molar-refractivity contribution in [3.8, 4) is 0 Å². The van der Waals surface area contributed by atoms with E-state index in [1.807, 2.05) is 4.90 Å². The summed E-state index contributed by atoms with van der Waals surface area (Å²) >= 11 is 0. The smallest absolute Gasteiger partial charge is 0.246 e. The molecule has 1 saturated heterocycles. The maximum absolute atomic E-state index is 13.9. The Labute approximate surface area is 179 Å². The van der Waals surface area contributed by atoms with Gasteiger partial charge in [0.05, 0.1) is 6.04 Å². The maximum Gasteiger partial charge on any atom is 0.246 e. The number of piperazine rings is 1. The molecule has 2 aromatic rings. The number of hydrogen-bond acceptors (Lipinski definition) is 4. The van der Waals surface area contributed by atoms with Crippen molar-refractivity contribution in [2.45, 2.75) is 24.3 Å². The largest absolute Gasteiger partial charge is 0.354 e. The standard InChI is InChI=1S/C21H24F3N3O3S/c1-15(21(28)25-9-8-16-2-4-17(22)5-3-16)26-10-12-27(13-11-26)31(29,30)20-14-18(23)6-7-19(20)24/h2-7,14-15H,8-13H2,1H3,(H,25,28). The van der Waals surface area contributed by atoms with E-state index in [-0.39, 0.29) is 37.9 Å². The van der Waals surface area contributed by atoms with Crippen LogP contribution in [0.5, 0.6) is 0 Å². The van der Waals surface area contributed by atoms with E-state index in [1.165, 1.54) is 12.1 Å². The highest BCUT2D eigenvalue weighted by atomic mass is 32.2. The lowest BCUT2D eigenvalue weighted by molar-refractivity contribution is -0.126. The summed E-state index contributed by atoms with van der Waals surface area (Å²) in [5.74, 6) is -2.35. The summed E-state index contributed by atoms with van der Waals surface area (Å²) in [6, 6.07) is 7.89. The number of nitrogens with zero attached hydrogens (tertiary/aromatic N) is 2. The number of carbonyl (C=O) groups excluding carboxylic acids is 1. The summed E-state index contributed by atoms with van der Waals surface area (Å²) in [5, 5.41) is 2.83. The van der Waals surface area contributed by atoms with E-state index in [0.29, 0.717) is 19.0 Å². The maximum atomic E-state index is 13.9. The molecule has 10 heteroatoms. The van der Waals surface area contributed by atoms with Crippen LogP contribution in [-0.2, 0) is 21.2 Å². The Balaban J connectivity index is 1.51. The summed E-state index contributed by atoms with van der Waals surface area (Å²) in [6.45, 7) is 2.80. The highest BCUT2D eigenvalue weighted by Crippen LogP contribution is 2.22. The molecular weight excluding hydrogens is 431 g/mol. The highest BCUT2D eigenvalue weighted by molar-refractivity contribution is 7.89. The second kappa shape index (κ2) is 9.80. The van der Waals surface area contributed by atoms with Crippen LogP contribution in [0.1, 0.15) is 12.5 Å². The summed E-state index contributed by atoms with van der Waals surface area (Å²) in [7, 11) is -4.17. The quantitative estimate of drug-likeness (QED) is 0.695. The monoisotopic (exact) mass is 455 g/mol. The van der Waals surface area contributed by atoms with E-state index in [0.717, 1.165) is 22.0 Å². The van der Waals surface area contributed by atoms with Gasteiger partial charge in [-0.15, -0.1) is 0 Å². The number of sulfonamides is 1. The number of rotatable bonds is 7. The van der Waals surface area contributed by atoms with E-state index in [9.17, 15) is 26.4 Å². The summed E-state index contributed by atoms with van der Waals surface area (Å²) in [5.41, 5.74) is 0.901. The molecule has 1 aliphatic rings. The third-order valence-electron chi connectivity index (χ3n) is 5.34. The van der Waals surface area contributed by atoms with Crippen LogP contribution in [0.3, 0.4) is 0 Å². The first-order valence-electron chi connectivity index (χ1n) is 9.90. The van der Waals surface area contributed by atoms with E-state index in [2.05, 4.69) is 5.32 Å². The second-order valence-electron chi connectivity index (χ2n) is 7.36. The summed E-state index contributed by atoms with van der Waals surface area (Å²) < 4.78 is 66.7. The van der Waals surface area contributed by atoms with Crippen LogP contribution < -0.4 is 5.32 Å². The predicted octanol–water partition coefficient (Wildman–Crippen LogP) is 2.16. The Morgan fingerprint density at radius 3 is 2.26 bits per heavy atom. The molecule has 0 radical (unpaired) electrons. The zero-order chi connectivity index (χ0) is 22.6. The van der Waals surface area contributed by atoms with Crippen LogP contribution >= 0.6 is 0 Å². The van der Waals surface area contributed by atoms with Gasteiger partial charge in [0.15, 0.2) is 0 Å². The van der Waals surface area contributed by atoms with Crippen LogP contribution in [0.2, 0.25) is 0 Å². The molecule has 3 rings (SSSR count). The number of benzene rings is 2. The summed E-state index contributed by atoms with van der Waals surface area (Å²) in [6.07, 6.45) is 0.559. The highest BCUT2D eigenvalue weighted by Gasteiger charge is 2.33. The Hall–Kier alpha value is -2.43. The zero-order valence-corrected chi connectivity index (χ0v) is 17.8. The third kappa shape index (κ3) is 5.63. The Morgan fingerprint density at radius 2 is 1.61 bits per heavy atom. The molecule has 1 fully saturated rings. The minimum absolute atomic E-state index is 0.0610. The molecule has 1 heterocycles. The van der Waals surface area contributed by atoms with Crippen molar-refractivity contribution in [3.63, 3.8) is 0 Å². The molecule has 31 heavy (non-hydrogen) atoms. The van der Waals surface area contributed by atoms with E-state index in [1.54, 1.807) is 19.1 Å². The molecule has 1 unspecified atom stereocenters. The van der Waals surface area contributed by atoms with E-state index >= 15 is 0 Å².